The second-order valence-electron chi connectivity index (χ2n) is 9.19. The monoisotopic (exact) mass is 465 g/mol. The zero-order chi connectivity index (χ0) is 23.9. The first-order valence-electron chi connectivity index (χ1n) is 12.2. The number of piperidine rings is 1. The van der Waals surface area contributed by atoms with Gasteiger partial charge in [-0.2, -0.15) is 0 Å². The van der Waals surface area contributed by atoms with Crippen LogP contribution in [0.3, 0.4) is 0 Å². The van der Waals surface area contributed by atoms with Crippen LogP contribution < -0.4 is 14.8 Å². The Balaban J connectivity index is 1.24. The first-order chi connectivity index (χ1) is 16.6. The maximum atomic E-state index is 13.0. The highest BCUT2D eigenvalue weighted by atomic mass is 16.5. The fourth-order valence-electron chi connectivity index (χ4n) is 4.75. The van der Waals surface area contributed by atoms with Crippen LogP contribution in [0.5, 0.6) is 11.5 Å². The molecule has 182 valence electrons. The zero-order valence-corrected chi connectivity index (χ0v) is 20.2. The summed E-state index contributed by atoms with van der Waals surface area (Å²) < 4.78 is 10.6. The molecule has 2 aromatic carbocycles. The first kappa shape index (κ1) is 24.1. The van der Waals surface area contributed by atoms with Crippen LogP contribution in [-0.4, -0.2) is 62.0 Å². The zero-order valence-electron chi connectivity index (χ0n) is 20.2. The second kappa shape index (κ2) is 11.4. The van der Waals surface area contributed by atoms with Crippen LogP contribution in [0.25, 0.3) is 0 Å². The molecular formula is C27H35N3O4. The normalized spacial score (nSPS) is 16.9. The van der Waals surface area contributed by atoms with Gasteiger partial charge in [0.1, 0.15) is 11.5 Å². The molecule has 2 aliphatic rings. The molecule has 2 aliphatic heterocycles. The van der Waals surface area contributed by atoms with Crippen LogP contribution in [-0.2, 0) is 17.9 Å². The third kappa shape index (κ3) is 6.08. The van der Waals surface area contributed by atoms with Gasteiger partial charge in [0.15, 0.2) is 0 Å². The number of carbonyl (C=O) groups excluding carboxylic acids is 2. The summed E-state index contributed by atoms with van der Waals surface area (Å²) in [6.07, 6.45) is 3.92. The molecule has 0 atom stereocenters. The predicted molar refractivity (Wildman–Crippen MR) is 131 cm³/mol. The number of hydrogen-bond donors (Lipinski definition) is 1. The third-order valence-electron chi connectivity index (χ3n) is 6.85. The molecule has 34 heavy (non-hydrogen) atoms. The van der Waals surface area contributed by atoms with Gasteiger partial charge in [0, 0.05) is 43.7 Å². The van der Waals surface area contributed by atoms with Crippen molar-refractivity contribution in [3.8, 4) is 11.5 Å². The molecule has 2 heterocycles. The molecule has 0 spiro atoms. The number of amides is 2. The lowest BCUT2D eigenvalue weighted by atomic mass is 9.95. The van der Waals surface area contributed by atoms with E-state index in [0.717, 1.165) is 12.1 Å². The Bertz CT molecular complexity index is 956. The Morgan fingerprint density at radius 1 is 0.882 bits per heavy atom. The van der Waals surface area contributed by atoms with Crippen molar-refractivity contribution in [2.24, 2.45) is 5.92 Å². The van der Waals surface area contributed by atoms with E-state index in [1.54, 1.807) is 37.3 Å². The van der Waals surface area contributed by atoms with Crippen LogP contribution in [0.4, 0.5) is 0 Å². The summed E-state index contributed by atoms with van der Waals surface area (Å²) in [7, 11) is 3.13. The van der Waals surface area contributed by atoms with Crippen LogP contribution in [0.2, 0.25) is 0 Å². The van der Waals surface area contributed by atoms with Crippen molar-refractivity contribution in [3.05, 3.63) is 59.2 Å². The SMILES string of the molecule is COc1cc(OC)cc(C(=O)N2CCC(C(=O)NCc3ccc(CN4CCCC4)cc3)CC2)c1. The van der Waals surface area contributed by atoms with E-state index in [1.165, 1.54) is 31.5 Å². The molecule has 2 aromatic rings. The number of rotatable bonds is 8. The molecule has 0 saturated carbocycles. The van der Waals surface area contributed by atoms with E-state index >= 15 is 0 Å². The van der Waals surface area contributed by atoms with E-state index in [0.29, 0.717) is 49.5 Å². The minimum absolute atomic E-state index is 0.0647. The molecule has 0 bridgehead atoms. The number of benzene rings is 2. The summed E-state index contributed by atoms with van der Waals surface area (Å²) in [6, 6.07) is 13.7. The van der Waals surface area contributed by atoms with Gasteiger partial charge in [-0.1, -0.05) is 24.3 Å². The van der Waals surface area contributed by atoms with E-state index < -0.39 is 0 Å². The Labute approximate surface area is 202 Å². The van der Waals surface area contributed by atoms with E-state index in [4.69, 9.17) is 9.47 Å². The lowest BCUT2D eigenvalue weighted by Crippen LogP contribution is -2.42. The van der Waals surface area contributed by atoms with Gasteiger partial charge in [-0.15, -0.1) is 0 Å². The van der Waals surface area contributed by atoms with Gasteiger partial charge in [-0.3, -0.25) is 14.5 Å². The maximum Gasteiger partial charge on any atom is 0.254 e. The van der Waals surface area contributed by atoms with Gasteiger partial charge in [0.25, 0.3) is 5.91 Å². The summed E-state index contributed by atoms with van der Waals surface area (Å²) in [4.78, 5) is 30.0. The van der Waals surface area contributed by atoms with Crippen molar-refractivity contribution in [2.75, 3.05) is 40.4 Å². The number of methoxy groups -OCH3 is 2. The number of likely N-dealkylation sites (tertiary alicyclic amines) is 2. The minimum Gasteiger partial charge on any atom is -0.497 e. The van der Waals surface area contributed by atoms with Crippen molar-refractivity contribution in [1.82, 2.24) is 15.1 Å². The van der Waals surface area contributed by atoms with E-state index in [-0.39, 0.29) is 17.7 Å². The van der Waals surface area contributed by atoms with Crippen LogP contribution in [0.15, 0.2) is 42.5 Å². The third-order valence-corrected chi connectivity index (χ3v) is 6.85. The molecule has 2 fully saturated rings. The molecule has 0 aromatic heterocycles. The summed E-state index contributed by atoms with van der Waals surface area (Å²) >= 11 is 0. The first-order valence-corrected chi connectivity index (χ1v) is 12.2. The highest BCUT2D eigenvalue weighted by Crippen LogP contribution is 2.25. The standard InChI is InChI=1S/C27H35N3O4/c1-33-24-15-23(16-25(17-24)34-2)27(32)30-13-9-22(10-14-30)26(31)28-18-20-5-7-21(8-6-20)19-29-11-3-4-12-29/h5-8,15-17,22H,3-4,9-14,18-19H2,1-2H3,(H,28,31). The van der Waals surface area contributed by atoms with Gasteiger partial charge in [-0.25, -0.2) is 0 Å². The van der Waals surface area contributed by atoms with Gasteiger partial charge in [0.2, 0.25) is 5.91 Å². The minimum atomic E-state index is -0.0710. The van der Waals surface area contributed by atoms with Gasteiger partial charge < -0.3 is 19.7 Å². The Morgan fingerprint density at radius 3 is 2.06 bits per heavy atom. The lowest BCUT2D eigenvalue weighted by Gasteiger charge is -2.31. The fraction of sp³-hybridized carbons (Fsp3) is 0.481. The van der Waals surface area contributed by atoms with E-state index in [1.807, 2.05) is 0 Å². The van der Waals surface area contributed by atoms with Gasteiger partial charge in [0.05, 0.1) is 14.2 Å². The van der Waals surface area contributed by atoms with Crippen molar-refractivity contribution < 1.29 is 19.1 Å². The number of nitrogens with zero attached hydrogens (tertiary/aromatic N) is 2. The highest BCUT2D eigenvalue weighted by molar-refractivity contribution is 5.95. The molecule has 7 nitrogen and oxygen atoms in total. The lowest BCUT2D eigenvalue weighted by molar-refractivity contribution is -0.126. The van der Waals surface area contributed by atoms with Crippen LogP contribution in [0, 0.1) is 5.92 Å². The molecule has 2 saturated heterocycles. The highest BCUT2D eigenvalue weighted by Gasteiger charge is 2.28. The smallest absolute Gasteiger partial charge is 0.254 e. The van der Waals surface area contributed by atoms with Crippen molar-refractivity contribution >= 4 is 11.8 Å². The summed E-state index contributed by atoms with van der Waals surface area (Å²) in [5, 5.41) is 3.08. The van der Waals surface area contributed by atoms with Crippen LogP contribution >= 0.6 is 0 Å². The maximum absolute atomic E-state index is 13.0. The Morgan fingerprint density at radius 2 is 1.47 bits per heavy atom. The van der Waals surface area contributed by atoms with Gasteiger partial charge in [-0.05, 0) is 62.0 Å². The van der Waals surface area contributed by atoms with E-state index in [9.17, 15) is 9.59 Å². The number of carbonyl (C=O) groups is 2. The van der Waals surface area contributed by atoms with Crippen molar-refractivity contribution in [1.29, 1.82) is 0 Å². The van der Waals surface area contributed by atoms with Gasteiger partial charge >= 0.3 is 0 Å². The average molecular weight is 466 g/mol. The van der Waals surface area contributed by atoms with Crippen LogP contribution in [0.1, 0.15) is 47.2 Å². The predicted octanol–water partition coefficient (Wildman–Crippen LogP) is 3.47. The summed E-state index contributed by atoms with van der Waals surface area (Å²) in [6.45, 7) is 5.03. The largest absolute Gasteiger partial charge is 0.497 e. The molecule has 4 rings (SSSR count). The molecule has 2 amide bonds. The topological polar surface area (TPSA) is 71.1 Å². The fourth-order valence-corrected chi connectivity index (χ4v) is 4.75. The number of nitrogens with one attached hydrogen (secondary N) is 1. The number of ether oxygens (including phenoxy) is 2. The quantitative estimate of drug-likeness (QED) is 0.647. The molecule has 1 N–H and O–H groups in total. The summed E-state index contributed by atoms with van der Waals surface area (Å²) in [5.41, 5.74) is 2.97. The average Bonchev–Trinajstić information content (AvgIpc) is 3.40. The molecule has 0 unspecified atom stereocenters. The van der Waals surface area contributed by atoms with Crippen molar-refractivity contribution in [3.63, 3.8) is 0 Å². The molecule has 7 heteroatoms. The van der Waals surface area contributed by atoms with E-state index in [2.05, 4.69) is 34.5 Å². The molecule has 0 radical (unpaired) electrons. The Hall–Kier alpha value is -3.06. The molecular weight excluding hydrogens is 430 g/mol. The summed E-state index contributed by atoms with van der Waals surface area (Å²) in [5.74, 6) is 1.10. The number of hydrogen-bond acceptors (Lipinski definition) is 5. The van der Waals surface area contributed by atoms with Crippen molar-refractivity contribution in [2.45, 2.75) is 38.8 Å². The Kier molecular flexibility index (Phi) is 8.06. The second-order valence-corrected chi connectivity index (χ2v) is 9.19. The molecule has 0 aliphatic carbocycles.